The minimum absolute atomic E-state index is 0. The molecule has 17 heavy (non-hydrogen) atoms. The van der Waals surface area contributed by atoms with Crippen molar-refractivity contribution >= 4 is 12.4 Å². The van der Waals surface area contributed by atoms with Gasteiger partial charge in [-0.1, -0.05) is 0 Å². The fourth-order valence-corrected chi connectivity index (χ4v) is 1.21. The molecule has 0 fully saturated rings. The van der Waals surface area contributed by atoms with Gasteiger partial charge in [-0.3, -0.25) is 0 Å². The van der Waals surface area contributed by atoms with E-state index in [0.717, 1.165) is 0 Å². The van der Waals surface area contributed by atoms with E-state index in [1.54, 1.807) is 6.07 Å². The largest absolute Gasteiger partial charge is 0.416 e. The number of nitriles is 1. The van der Waals surface area contributed by atoms with E-state index in [9.17, 15) is 17.6 Å². The Morgan fingerprint density at radius 3 is 2.41 bits per heavy atom. The van der Waals surface area contributed by atoms with E-state index < -0.39 is 23.6 Å². The molecule has 0 spiro atoms. The lowest BCUT2D eigenvalue weighted by atomic mass is 10.0. The highest BCUT2D eigenvalue weighted by molar-refractivity contribution is 5.85. The van der Waals surface area contributed by atoms with Gasteiger partial charge >= 0.3 is 6.18 Å². The molecule has 0 saturated carbocycles. The van der Waals surface area contributed by atoms with Crippen LogP contribution < -0.4 is 5.73 Å². The topological polar surface area (TPSA) is 49.8 Å². The fraction of sp³-hybridized carbons (Fsp3) is 0.300. The number of nitrogens with zero attached hydrogens (tertiary/aromatic N) is 1. The average Bonchev–Trinajstić information content (AvgIpc) is 2.16. The maximum atomic E-state index is 13.2. The summed E-state index contributed by atoms with van der Waals surface area (Å²) in [5.41, 5.74) is 4.12. The molecule has 0 saturated heterocycles. The standard InChI is InChI=1S/C10H8F4N2.ClH/c11-8-2-1-6(10(12,13)14)5-7(8)9(16)3-4-15;/h1-2,5,9H,3,16H2;1H/t9-;/m0./s1. The number of rotatable bonds is 2. The molecule has 0 aliphatic heterocycles. The van der Waals surface area contributed by atoms with E-state index in [2.05, 4.69) is 0 Å². The number of hydrogen-bond donors (Lipinski definition) is 1. The Labute approximate surface area is 101 Å². The lowest BCUT2D eigenvalue weighted by Crippen LogP contribution is -2.14. The average molecular weight is 269 g/mol. The zero-order chi connectivity index (χ0) is 12.3. The molecular formula is C10H9ClF4N2. The first-order valence-electron chi connectivity index (χ1n) is 4.35. The summed E-state index contributed by atoms with van der Waals surface area (Å²) < 4.78 is 50.1. The Morgan fingerprint density at radius 2 is 1.94 bits per heavy atom. The summed E-state index contributed by atoms with van der Waals surface area (Å²) in [5.74, 6) is -0.837. The van der Waals surface area contributed by atoms with Gasteiger partial charge in [0.1, 0.15) is 5.82 Å². The zero-order valence-corrected chi connectivity index (χ0v) is 9.28. The maximum Gasteiger partial charge on any atom is 0.416 e. The van der Waals surface area contributed by atoms with Gasteiger partial charge in [0.25, 0.3) is 0 Å². The van der Waals surface area contributed by atoms with Crippen LogP contribution in [0.1, 0.15) is 23.6 Å². The van der Waals surface area contributed by atoms with Crippen molar-refractivity contribution in [2.24, 2.45) is 5.73 Å². The van der Waals surface area contributed by atoms with Gasteiger partial charge < -0.3 is 5.73 Å². The summed E-state index contributed by atoms with van der Waals surface area (Å²) in [4.78, 5) is 0. The molecule has 0 aliphatic rings. The summed E-state index contributed by atoms with van der Waals surface area (Å²) in [6, 6.07) is 2.61. The lowest BCUT2D eigenvalue weighted by molar-refractivity contribution is -0.137. The second-order valence-electron chi connectivity index (χ2n) is 3.20. The van der Waals surface area contributed by atoms with Crippen molar-refractivity contribution in [1.29, 1.82) is 5.26 Å². The quantitative estimate of drug-likeness (QED) is 0.838. The molecule has 0 bridgehead atoms. The molecular weight excluding hydrogens is 260 g/mol. The van der Waals surface area contributed by atoms with Gasteiger partial charge in [-0.2, -0.15) is 18.4 Å². The van der Waals surface area contributed by atoms with Crippen LogP contribution in [0.15, 0.2) is 18.2 Å². The molecule has 0 amide bonds. The number of halogens is 5. The van der Waals surface area contributed by atoms with Crippen LogP contribution in [0.5, 0.6) is 0 Å². The smallest absolute Gasteiger partial charge is 0.323 e. The van der Waals surface area contributed by atoms with E-state index in [1.807, 2.05) is 0 Å². The fourth-order valence-electron chi connectivity index (χ4n) is 1.21. The minimum Gasteiger partial charge on any atom is -0.323 e. The second-order valence-corrected chi connectivity index (χ2v) is 3.20. The molecule has 0 radical (unpaired) electrons. The molecule has 1 atom stereocenters. The molecule has 0 unspecified atom stereocenters. The summed E-state index contributed by atoms with van der Waals surface area (Å²) in [5, 5.41) is 8.34. The van der Waals surface area contributed by atoms with E-state index >= 15 is 0 Å². The molecule has 0 aliphatic carbocycles. The first-order chi connectivity index (χ1) is 7.36. The number of benzene rings is 1. The van der Waals surface area contributed by atoms with Crippen LogP contribution in [0.3, 0.4) is 0 Å². The summed E-state index contributed by atoms with van der Waals surface area (Å²) in [6.45, 7) is 0. The van der Waals surface area contributed by atoms with Crippen LogP contribution in [-0.2, 0) is 6.18 Å². The van der Waals surface area contributed by atoms with Crippen molar-refractivity contribution in [3.8, 4) is 6.07 Å². The van der Waals surface area contributed by atoms with Crippen molar-refractivity contribution in [2.45, 2.75) is 18.6 Å². The van der Waals surface area contributed by atoms with Gasteiger partial charge in [-0.05, 0) is 18.2 Å². The van der Waals surface area contributed by atoms with Gasteiger partial charge in [-0.25, -0.2) is 4.39 Å². The highest BCUT2D eigenvalue weighted by Crippen LogP contribution is 2.31. The van der Waals surface area contributed by atoms with Gasteiger partial charge in [0.05, 0.1) is 18.1 Å². The van der Waals surface area contributed by atoms with E-state index in [-0.39, 0.29) is 24.4 Å². The monoisotopic (exact) mass is 268 g/mol. The van der Waals surface area contributed by atoms with Crippen LogP contribution in [0, 0.1) is 17.1 Å². The van der Waals surface area contributed by atoms with Crippen molar-refractivity contribution < 1.29 is 17.6 Å². The molecule has 1 rings (SSSR count). The Balaban J connectivity index is 0.00000256. The molecule has 0 aromatic heterocycles. The normalized spacial score (nSPS) is 12.5. The predicted octanol–water partition coefficient (Wildman–Crippen LogP) is 3.18. The third-order valence-corrected chi connectivity index (χ3v) is 2.03. The third-order valence-electron chi connectivity index (χ3n) is 2.03. The van der Waals surface area contributed by atoms with Gasteiger partial charge in [-0.15, -0.1) is 12.4 Å². The van der Waals surface area contributed by atoms with Crippen LogP contribution in [0.4, 0.5) is 17.6 Å². The highest BCUT2D eigenvalue weighted by atomic mass is 35.5. The first-order valence-corrected chi connectivity index (χ1v) is 4.35. The third kappa shape index (κ3) is 3.88. The minimum atomic E-state index is -4.55. The summed E-state index contributed by atoms with van der Waals surface area (Å²) in [7, 11) is 0. The van der Waals surface area contributed by atoms with Gasteiger partial charge in [0.15, 0.2) is 0 Å². The summed E-state index contributed by atoms with van der Waals surface area (Å²) in [6.07, 6.45) is -4.78. The van der Waals surface area contributed by atoms with Crippen LogP contribution in [0.2, 0.25) is 0 Å². The van der Waals surface area contributed by atoms with Crippen molar-refractivity contribution in [3.05, 3.63) is 35.1 Å². The summed E-state index contributed by atoms with van der Waals surface area (Å²) >= 11 is 0. The molecule has 7 heteroatoms. The molecule has 2 nitrogen and oxygen atoms in total. The van der Waals surface area contributed by atoms with Crippen molar-refractivity contribution in [3.63, 3.8) is 0 Å². The van der Waals surface area contributed by atoms with Crippen molar-refractivity contribution in [2.75, 3.05) is 0 Å². The van der Waals surface area contributed by atoms with Crippen molar-refractivity contribution in [1.82, 2.24) is 0 Å². The Bertz CT molecular complexity index is 425. The van der Waals surface area contributed by atoms with Crippen LogP contribution >= 0.6 is 12.4 Å². The molecule has 1 aromatic carbocycles. The second kappa shape index (κ2) is 5.84. The number of hydrogen-bond acceptors (Lipinski definition) is 2. The Morgan fingerprint density at radius 1 is 1.35 bits per heavy atom. The van der Waals surface area contributed by atoms with E-state index in [1.165, 1.54) is 0 Å². The maximum absolute atomic E-state index is 13.2. The van der Waals surface area contributed by atoms with Gasteiger partial charge in [0.2, 0.25) is 0 Å². The molecule has 1 aromatic rings. The predicted molar refractivity (Wildman–Crippen MR) is 55.8 cm³/mol. The van der Waals surface area contributed by atoms with E-state index in [0.29, 0.717) is 18.2 Å². The Hall–Kier alpha value is -1.32. The first kappa shape index (κ1) is 15.7. The van der Waals surface area contributed by atoms with E-state index in [4.69, 9.17) is 11.0 Å². The molecule has 94 valence electrons. The number of alkyl halides is 3. The van der Waals surface area contributed by atoms with Crippen LogP contribution in [0.25, 0.3) is 0 Å². The molecule has 0 heterocycles. The van der Waals surface area contributed by atoms with Gasteiger partial charge in [0, 0.05) is 11.6 Å². The zero-order valence-electron chi connectivity index (χ0n) is 8.46. The Kier molecular flexibility index (Phi) is 5.39. The SMILES string of the molecule is Cl.N#CC[C@H](N)c1cc(C(F)(F)F)ccc1F. The number of nitrogens with two attached hydrogens (primary N) is 1. The molecule has 2 N–H and O–H groups in total. The highest BCUT2D eigenvalue weighted by Gasteiger charge is 2.31. The van der Waals surface area contributed by atoms with Crippen LogP contribution in [-0.4, -0.2) is 0 Å². The lowest BCUT2D eigenvalue weighted by Gasteiger charge is -2.13.